The maximum atomic E-state index is 5.50. The van der Waals surface area contributed by atoms with Gasteiger partial charge in [0.2, 0.25) is 0 Å². The third-order valence-corrected chi connectivity index (χ3v) is 4.35. The topological polar surface area (TPSA) is 29.3 Å². The monoisotopic (exact) mass is 240 g/mol. The Labute approximate surface area is 108 Å². The summed E-state index contributed by atoms with van der Waals surface area (Å²) >= 11 is 0. The Morgan fingerprint density at radius 1 is 1.00 bits per heavy atom. The van der Waals surface area contributed by atoms with Gasteiger partial charge in [-0.1, -0.05) is 39.0 Å². The van der Waals surface area contributed by atoms with Crippen LogP contribution in [-0.2, 0) is 0 Å². The van der Waals surface area contributed by atoms with Crippen LogP contribution in [0.1, 0.15) is 64.7 Å². The van der Waals surface area contributed by atoms with Crippen LogP contribution in [0.3, 0.4) is 0 Å². The van der Waals surface area contributed by atoms with E-state index in [9.17, 15) is 0 Å². The van der Waals surface area contributed by atoms with Gasteiger partial charge in [0.25, 0.3) is 0 Å². The molecular weight excluding hydrogens is 208 g/mol. The number of nitrogens with two attached hydrogens (primary N) is 1. The highest BCUT2D eigenvalue weighted by Crippen LogP contribution is 2.27. The second kappa shape index (κ2) is 8.93. The SMILES string of the molecule is CC1CCCCC1N(C)CCCCCCCN. The van der Waals surface area contributed by atoms with E-state index in [0.717, 1.165) is 18.5 Å². The molecule has 1 fully saturated rings. The number of nitrogens with zero attached hydrogens (tertiary/aromatic N) is 1. The van der Waals surface area contributed by atoms with Crippen molar-refractivity contribution in [2.75, 3.05) is 20.1 Å². The third kappa shape index (κ3) is 5.87. The molecule has 1 aliphatic carbocycles. The summed E-state index contributed by atoms with van der Waals surface area (Å²) in [6.07, 6.45) is 12.4. The summed E-state index contributed by atoms with van der Waals surface area (Å²) in [6.45, 7) is 4.58. The Bertz CT molecular complexity index is 182. The van der Waals surface area contributed by atoms with E-state index in [0.29, 0.717) is 0 Å². The zero-order chi connectivity index (χ0) is 12.5. The van der Waals surface area contributed by atoms with E-state index < -0.39 is 0 Å². The molecular formula is C15H32N2. The van der Waals surface area contributed by atoms with Gasteiger partial charge in [0.05, 0.1) is 0 Å². The van der Waals surface area contributed by atoms with Crippen LogP contribution in [0, 0.1) is 5.92 Å². The Kier molecular flexibility index (Phi) is 7.87. The molecule has 0 amide bonds. The highest BCUT2D eigenvalue weighted by atomic mass is 15.1. The lowest BCUT2D eigenvalue weighted by Crippen LogP contribution is -2.39. The molecule has 2 unspecified atom stereocenters. The average molecular weight is 240 g/mol. The van der Waals surface area contributed by atoms with E-state index in [1.165, 1.54) is 64.3 Å². The van der Waals surface area contributed by atoms with Gasteiger partial charge in [-0.15, -0.1) is 0 Å². The molecule has 102 valence electrons. The molecule has 2 N–H and O–H groups in total. The fraction of sp³-hybridized carbons (Fsp3) is 1.00. The van der Waals surface area contributed by atoms with Crippen molar-refractivity contribution in [2.45, 2.75) is 70.8 Å². The number of unbranched alkanes of at least 4 members (excludes halogenated alkanes) is 4. The lowest BCUT2D eigenvalue weighted by atomic mass is 9.85. The first kappa shape index (κ1) is 15.0. The van der Waals surface area contributed by atoms with Crippen molar-refractivity contribution in [1.82, 2.24) is 4.90 Å². The summed E-state index contributed by atoms with van der Waals surface area (Å²) in [4.78, 5) is 2.62. The fourth-order valence-corrected chi connectivity index (χ4v) is 3.15. The Hall–Kier alpha value is -0.0800. The summed E-state index contributed by atoms with van der Waals surface area (Å²) < 4.78 is 0. The van der Waals surface area contributed by atoms with Crippen LogP contribution in [0.4, 0.5) is 0 Å². The second-order valence-corrected chi connectivity index (χ2v) is 5.87. The molecule has 0 aromatic rings. The van der Waals surface area contributed by atoms with Crippen molar-refractivity contribution in [3.63, 3.8) is 0 Å². The van der Waals surface area contributed by atoms with Crippen molar-refractivity contribution in [2.24, 2.45) is 11.7 Å². The lowest BCUT2D eigenvalue weighted by Gasteiger charge is -2.36. The highest BCUT2D eigenvalue weighted by Gasteiger charge is 2.24. The molecule has 1 aliphatic rings. The predicted molar refractivity (Wildman–Crippen MR) is 76.2 cm³/mol. The van der Waals surface area contributed by atoms with E-state index in [2.05, 4.69) is 18.9 Å². The molecule has 2 heteroatoms. The molecule has 2 nitrogen and oxygen atoms in total. The minimum atomic E-state index is 0.854. The maximum absolute atomic E-state index is 5.50. The minimum absolute atomic E-state index is 0.854. The fourth-order valence-electron chi connectivity index (χ4n) is 3.15. The molecule has 1 saturated carbocycles. The molecule has 0 aliphatic heterocycles. The van der Waals surface area contributed by atoms with E-state index in [1.54, 1.807) is 0 Å². The smallest absolute Gasteiger partial charge is 0.0118 e. The second-order valence-electron chi connectivity index (χ2n) is 5.87. The summed E-state index contributed by atoms with van der Waals surface area (Å²) in [7, 11) is 2.33. The van der Waals surface area contributed by atoms with Gasteiger partial charge >= 0.3 is 0 Å². The normalized spacial score (nSPS) is 25.4. The quantitative estimate of drug-likeness (QED) is 0.659. The van der Waals surface area contributed by atoms with Gasteiger partial charge in [0.1, 0.15) is 0 Å². The molecule has 0 heterocycles. The van der Waals surface area contributed by atoms with Crippen LogP contribution in [0.25, 0.3) is 0 Å². The van der Waals surface area contributed by atoms with Gasteiger partial charge in [-0.3, -0.25) is 0 Å². The van der Waals surface area contributed by atoms with Crippen LogP contribution < -0.4 is 5.73 Å². The van der Waals surface area contributed by atoms with Gasteiger partial charge in [0, 0.05) is 6.04 Å². The maximum Gasteiger partial charge on any atom is 0.0118 e. The first-order chi connectivity index (χ1) is 8.25. The molecule has 0 aromatic carbocycles. The van der Waals surface area contributed by atoms with E-state index in [1.807, 2.05) is 0 Å². The summed E-state index contributed by atoms with van der Waals surface area (Å²) in [5.74, 6) is 0.908. The molecule has 0 bridgehead atoms. The lowest BCUT2D eigenvalue weighted by molar-refractivity contribution is 0.137. The van der Waals surface area contributed by atoms with Crippen molar-refractivity contribution in [3.8, 4) is 0 Å². The molecule has 1 rings (SSSR count). The van der Waals surface area contributed by atoms with Gasteiger partial charge in [-0.05, 0) is 51.7 Å². The van der Waals surface area contributed by atoms with Crippen LogP contribution in [0.2, 0.25) is 0 Å². The Balaban J connectivity index is 2.05. The van der Waals surface area contributed by atoms with Gasteiger partial charge in [-0.2, -0.15) is 0 Å². The first-order valence-corrected chi connectivity index (χ1v) is 7.66. The van der Waals surface area contributed by atoms with Crippen LogP contribution in [-0.4, -0.2) is 31.1 Å². The average Bonchev–Trinajstić information content (AvgIpc) is 2.34. The zero-order valence-electron chi connectivity index (χ0n) is 12.0. The molecule has 0 spiro atoms. The largest absolute Gasteiger partial charge is 0.330 e. The summed E-state index contributed by atoms with van der Waals surface area (Å²) in [5.41, 5.74) is 5.50. The Morgan fingerprint density at radius 3 is 2.35 bits per heavy atom. The van der Waals surface area contributed by atoms with Crippen LogP contribution in [0.5, 0.6) is 0 Å². The van der Waals surface area contributed by atoms with E-state index >= 15 is 0 Å². The Morgan fingerprint density at radius 2 is 1.65 bits per heavy atom. The van der Waals surface area contributed by atoms with Crippen LogP contribution in [0.15, 0.2) is 0 Å². The standard InChI is InChI=1S/C15H32N2/c1-14-10-6-7-11-15(14)17(2)13-9-5-3-4-8-12-16/h14-15H,3-13,16H2,1-2H3. The van der Waals surface area contributed by atoms with Crippen molar-refractivity contribution >= 4 is 0 Å². The van der Waals surface area contributed by atoms with Crippen molar-refractivity contribution in [1.29, 1.82) is 0 Å². The molecule has 0 radical (unpaired) electrons. The molecule has 17 heavy (non-hydrogen) atoms. The number of hydrogen-bond donors (Lipinski definition) is 1. The highest BCUT2D eigenvalue weighted by molar-refractivity contribution is 4.79. The molecule has 2 atom stereocenters. The third-order valence-electron chi connectivity index (χ3n) is 4.35. The summed E-state index contributed by atoms with van der Waals surface area (Å²) in [5, 5.41) is 0. The number of rotatable bonds is 8. The molecule has 0 aromatic heterocycles. The van der Waals surface area contributed by atoms with E-state index in [-0.39, 0.29) is 0 Å². The predicted octanol–water partition coefficient (Wildman–Crippen LogP) is 3.41. The van der Waals surface area contributed by atoms with Crippen LogP contribution >= 0.6 is 0 Å². The summed E-state index contributed by atoms with van der Waals surface area (Å²) in [6, 6.07) is 0.854. The molecule has 0 saturated heterocycles. The number of hydrogen-bond acceptors (Lipinski definition) is 2. The van der Waals surface area contributed by atoms with Gasteiger partial charge < -0.3 is 10.6 Å². The van der Waals surface area contributed by atoms with Gasteiger partial charge in [0.15, 0.2) is 0 Å². The first-order valence-electron chi connectivity index (χ1n) is 7.66. The van der Waals surface area contributed by atoms with Crippen molar-refractivity contribution < 1.29 is 0 Å². The zero-order valence-corrected chi connectivity index (χ0v) is 12.0. The van der Waals surface area contributed by atoms with Crippen molar-refractivity contribution in [3.05, 3.63) is 0 Å². The van der Waals surface area contributed by atoms with Gasteiger partial charge in [-0.25, -0.2) is 0 Å². The van der Waals surface area contributed by atoms with E-state index in [4.69, 9.17) is 5.73 Å². The minimum Gasteiger partial charge on any atom is -0.330 e.